The van der Waals surface area contributed by atoms with E-state index < -0.39 is 0 Å². The van der Waals surface area contributed by atoms with Crippen LogP contribution in [0.4, 0.5) is 0 Å². The minimum absolute atomic E-state index is 0. The number of fused-ring (bicyclic) bond motifs is 2. The summed E-state index contributed by atoms with van der Waals surface area (Å²) in [5, 5.41) is 24.1. The third-order valence-electron chi connectivity index (χ3n) is 6.11. The summed E-state index contributed by atoms with van der Waals surface area (Å²) in [6, 6.07) is 0. The van der Waals surface area contributed by atoms with Crippen LogP contribution >= 0.6 is 0 Å². The maximum Gasteiger partial charge on any atom is 1.00 e. The van der Waals surface area contributed by atoms with Crippen LogP contribution in [0.1, 0.15) is 65.7 Å². The molecule has 4 unspecified atom stereocenters. The van der Waals surface area contributed by atoms with Gasteiger partial charge in [-0.25, -0.2) is 0 Å². The maximum absolute atomic E-state index is 12.0. The summed E-state index contributed by atoms with van der Waals surface area (Å²) in [7, 11) is 0. The third kappa shape index (κ3) is 6.80. The van der Waals surface area contributed by atoms with E-state index in [1.165, 1.54) is 0 Å². The molecule has 2 aliphatic rings. The molecular formula is C20H36KNO4. The average molecular weight is 394 g/mol. The number of esters is 1. The first-order valence-corrected chi connectivity index (χ1v) is 9.78. The molecule has 2 fully saturated rings. The second-order valence-corrected chi connectivity index (χ2v) is 9.30. The second kappa shape index (κ2) is 10.7. The Labute approximate surface area is 201 Å². The predicted molar refractivity (Wildman–Crippen MR) is 98.4 cm³/mol. The van der Waals surface area contributed by atoms with E-state index in [1.54, 1.807) is 0 Å². The van der Waals surface area contributed by atoms with Gasteiger partial charge in [0.25, 0.3) is 0 Å². The SMILES string of the molecule is CC[N-]CCCC(=O)OCC1(C)CC2CC(C)(CO)CC(CO)(C2)C1.[K+]. The Balaban J connectivity index is 0.00000338. The van der Waals surface area contributed by atoms with E-state index in [2.05, 4.69) is 19.2 Å². The molecule has 26 heavy (non-hydrogen) atoms. The zero-order valence-electron chi connectivity index (χ0n) is 17.2. The van der Waals surface area contributed by atoms with Crippen molar-refractivity contribution in [3.63, 3.8) is 0 Å². The van der Waals surface area contributed by atoms with E-state index in [0.717, 1.165) is 51.6 Å². The Morgan fingerprint density at radius 3 is 2.38 bits per heavy atom. The number of carbonyl (C=O) groups excluding carboxylic acids is 1. The summed E-state index contributed by atoms with van der Waals surface area (Å²) in [6.45, 7) is 8.60. The van der Waals surface area contributed by atoms with E-state index in [0.29, 0.717) is 18.9 Å². The zero-order valence-corrected chi connectivity index (χ0v) is 20.3. The molecule has 0 aliphatic heterocycles. The van der Waals surface area contributed by atoms with Crippen molar-refractivity contribution in [3.05, 3.63) is 5.32 Å². The quantitative estimate of drug-likeness (QED) is 0.335. The summed E-state index contributed by atoms with van der Waals surface area (Å²) in [5.41, 5.74) is -0.307. The number of ether oxygens (including phenoxy) is 1. The number of nitrogens with zero attached hydrogens (tertiary/aromatic N) is 1. The summed E-state index contributed by atoms with van der Waals surface area (Å²) in [6.07, 6.45) is 5.92. The van der Waals surface area contributed by atoms with Gasteiger partial charge in [-0.3, -0.25) is 4.79 Å². The smallest absolute Gasteiger partial charge is 0.662 e. The average Bonchev–Trinajstić information content (AvgIpc) is 2.56. The van der Waals surface area contributed by atoms with Gasteiger partial charge in [-0.05, 0) is 48.9 Å². The van der Waals surface area contributed by atoms with Gasteiger partial charge in [0, 0.05) is 25.0 Å². The van der Waals surface area contributed by atoms with Gasteiger partial charge in [-0.1, -0.05) is 27.2 Å². The van der Waals surface area contributed by atoms with Crippen molar-refractivity contribution < 1.29 is 71.1 Å². The standard InChI is InChI=1S/C20H36NO4.K/c1-4-21-7-5-6-17(24)25-15-19(3)9-16-8-18(2,13-22)11-20(10-16,12-19)14-23;/h16,22-23H,4-15H2,1-3H3;/q-1;+1. The van der Waals surface area contributed by atoms with Crippen LogP contribution in [-0.4, -0.2) is 49.1 Å². The largest absolute Gasteiger partial charge is 1.00 e. The van der Waals surface area contributed by atoms with Gasteiger partial charge >= 0.3 is 57.4 Å². The van der Waals surface area contributed by atoms with Crippen LogP contribution in [0.3, 0.4) is 0 Å². The minimum Gasteiger partial charge on any atom is -0.662 e. The fraction of sp³-hybridized carbons (Fsp3) is 0.950. The van der Waals surface area contributed by atoms with Crippen molar-refractivity contribution in [3.8, 4) is 0 Å². The molecule has 146 valence electrons. The predicted octanol–water partition coefficient (Wildman–Crippen LogP) is 0.285. The molecule has 0 aromatic rings. The molecule has 6 heteroatoms. The van der Waals surface area contributed by atoms with E-state index in [9.17, 15) is 15.0 Å². The second-order valence-electron chi connectivity index (χ2n) is 9.30. The Hall–Kier alpha value is 0.986. The van der Waals surface area contributed by atoms with E-state index in [4.69, 9.17) is 4.74 Å². The van der Waals surface area contributed by atoms with Gasteiger partial charge in [-0.2, -0.15) is 6.54 Å². The van der Waals surface area contributed by atoms with Crippen molar-refractivity contribution in [1.82, 2.24) is 0 Å². The zero-order chi connectivity index (χ0) is 18.6. The van der Waals surface area contributed by atoms with Gasteiger partial charge in [0.05, 0.1) is 6.61 Å². The first-order chi connectivity index (χ1) is 11.8. The number of aliphatic hydroxyl groups excluding tert-OH is 2. The topological polar surface area (TPSA) is 80.9 Å². The Morgan fingerprint density at radius 1 is 1.12 bits per heavy atom. The summed E-state index contributed by atoms with van der Waals surface area (Å²) in [5.74, 6) is 0.348. The van der Waals surface area contributed by atoms with Crippen LogP contribution in [0.2, 0.25) is 0 Å². The summed E-state index contributed by atoms with van der Waals surface area (Å²) < 4.78 is 5.59. The fourth-order valence-electron chi connectivity index (χ4n) is 5.61. The fourth-order valence-corrected chi connectivity index (χ4v) is 5.61. The Morgan fingerprint density at radius 2 is 1.77 bits per heavy atom. The molecule has 2 rings (SSSR count). The molecule has 0 saturated heterocycles. The molecule has 5 nitrogen and oxygen atoms in total. The van der Waals surface area contributed by atoms with Gasteiger partial charge in [0.1, 0.15) is 0 Å². The number of carbonyl (C=O) groups is 1. The van der Waals surface area contributed by atoms with Gasteiger partial charge < -0.3 is 20.3 Å². The molecule has 2 aliphatic carbocycles. The first-order valence-electron chi connectivity index (χ1n) is 9.78. The van der Waals surface area contributed by atoms with Gasteiger partial charge in [-0.15, -0.1) is 6.54 Å². The normalized spacial score (nSPS) is 36.3. The summed E-state index contributed by atoms with van der Waals surface area (Å²) in [4.78, 5) is 12.0. The van der Waals surface area contributed by atoms with E-state index in [1.807, 2.05) is 6.92 Å². The van der Waals surface area contributed by atoms with Crippen molar-refractivity contribution in [2.75, 3.05) is 32.9 Å². The molecule has 2 bridgehead atoms. The molecule has 0 heterocycles. The molecule has 0 aromatic heterocycles. The molecule has 0 aromatic carbocycles. The van der Waals surface area contributed by atoms with Crippen LogP contribution in [0.5, 0.6) is 0 Å². The molecule has 4 atom stereocenters. The molecular weight excluding hydrogens is 357 g/mol. The van der Waals surface area contributed by atoms with Crippen LogP contribution in [-0.2, 0) is 9.53 Å². The third-order valence-corrected chi connectivity index (χ3v) is 6.11. The van der Waals surface area contributed by atoms with E-state index in [-0.39, 0.29) is 86.8 Å². The van der Waals surface area contributed by atoms with Crippen molar-refractivity contribution in [2.24, 2.45) is 22.2 Å². The summed E-state index contributed by atoms with van der Waals surface area (Å²) >= 11 is 0. The molecule has 2 N–H and O–H groups in total. The molecule has 0 amide bonds. The van der Waals surface area contributed by atoms with Crippen molar-refractivity contribution >= 4 is 5.97 Å². The van der Waals surface area contributed by atoms with Crippen LogP contribution in [0, 0.1) is 22.2 Å². The monoisotopic (exact) mass is 393 g/mol. The van der Waals surface area contributed by atoms with Gasteiger partial charge in [0.2, 0.25) is 0 Å². The van der Waals surface area contributed by atoms with Crippen LogP contribution in [0.25, 0.3) is 5.32 Å². The number of hydrogen-bond donors (Lipinski definition) is 2. The molecule has 0 spiro atoms. The number of aliphatic hydroxyl groups is 2. The molecule has 2 saturated carbocycles. The Kier molecular flexibility index (Phi) is 10.3. The molecule has 0 radical (unpaired) electrons. The maximum atomic E-state index is 12.0. The van der Waals surface area contributed by atoms with Crippen LogP contribution in [0.15, 0.2) is 0 Å². The first kappa shape index (κ1) is 25.0. The van der Waals surface area contributed by atoms with Crippen molar-refractivity contribution in [2.45, 2.75) is 65.7 Å². The Bertz CT molecular complexity index is 461. The van der Waals surface area contributed by atoms with Crippen molar-refractivity contribution in [1.29, 1.82) is 0 Å². The number of rotatable bonds is 9. The van der Waals surface area contributed by atoms with Gasteiger partial charge in [0.15, 0.2) is 0 Å². The van der Waals surface area contributed by atoms with E-state index >= 15 is 0 Å². The minimum atomic E-state index is -0.139. The van der Waals surface area contributed by atoms with Crippen LogP contribution < -0.4 is 51.4 Å². The number of hydrogen-bond acceptors (Lipinski definition) is 4.